The number of hydrazine groups is 1. The molecule has 0 radical (unpaired) electrons. The fourth-order valence-corrected chi connectivity index (χ4v) is 2.78. The van der Waals surface area contributed by atoms with Gasteiger partial charge in [-0.05, 0) is 58.8 Å². The Morgan fingerprint density at radius 3 is 2.67 bits per heavy atom. The average Bonchev–Trinajstić information content (AvgIpc) is 2.35. The van der Waals surface area contributed by atoms with Crippen LogP contribution in [0.25, 0.3) is 0 Å². The number of aryl methyl sites for hydroxylation is 1. The van der Waals surface area contributed by atoms with E-state index in [1.54, 1.807) is 0 Å². The molecule has 0 fully saturated rings. The molecule has 0 saturated heterocycles. The standard InChI is InChI=1S/C14H14ClIN2/c1-9-3-2-4-10(7-9)14(18-17)12-8-11(15)5-6-13(12)16/h2-8,14,18H,17H2,1H3. The maximum Gasteiger partial charge on any atom is 0.0720 e. The number of hydrogen-bond donors (Lipinski definition) is 2. The van der Waals surface area contributed by atoms with Crippen molar-refractivity contribution in [3.05, 3.63) is 67.7 Å². The first-order valence-electron chi connectivity index (χ1n) is 5.59. The van der Waals surface area contributed by atoms with E-state index in [1.165, 1.54) is 5.56 Å². The minimum Gasteiger partial charge on any atom is -0.271 e. The van der Waals surface area contributed by atoms with Crippen LogP contribution < -0.4 is 11.3 Å². The van der Waals surface area contributed by atoms with Crippen LogP contribution in [0.2, 0.25) is 5.02 Å². The predicted octanol–water partition coefficient (Wildman–Crippen LogP) is 3.81. The maximum absolute atomic E-state index is 6.06. The Balaban J connectivity index is 2.48. The predicted molar refractivity (Wildman–Crippen MR) is 84.5 cm³/mol. The Morgan fingerprint density at radius 2 is 2.00 bits per heavy atom. The highest BCUT2D eigenvalue weighted by Gasteiger charge is 2.15. The van der Waals surface area contributed by atoms with Crippen LogP contribution in [0.4, 0.5) is 0 Å². The molecule has 0 aliphatic rings. The summed E-state index contributed by atoms with van der Waals surface area (Å²) in [4.78, 5) is 0. The van der Waals surface area contributed by atoms with Gasteiger partial charge in [-0.15, -0.1) is 0 Å². The van der Waals surface area contributed by atoms with E-state index in [9.17, 15) is 0 Å². The summed E-state index contributed by atoms with van der Waals surface area (Å²) in [5.41, 5.74) is 6.31. The third-order valence-electron chi connectivity index (χ3n) is 2.81. The molecule has 0 aromatic heterocycles. The van der Waals surface area contributed by atoms with Crippen LogP contribution in [-0.2, 0) is 0 Å². The van der Waals surface area contributed by atoms with Gasteiger partial charge in [-0.2, -0.15) is 0 Å². The van der Waals surface area contributed by atoms with Crippen molar-refractivity contribution >= 4 is 34.2 Å². The first kappa shape index (κ1) is 13.8. The summed E-state index contributed by atoms with van der Waals surface area (Å²) in [6.45, 7) is 2.07. The monoisotopic (exact) mass is 372 g/mol. The molecule has 0 amide bonds. The van der Waals surface area contributed by atoms with E-state index in [0.717, 1.165) is 19.7 Å². The molecule has 0 bridgehead atoms. The van der Waals surface area contributed by atoms with Crippen LogP contribution in [0.3, 0.4) is 0 Å². The molecule has 2 nitrogen and oxygen atoms in total. The lowest BCUT2D eigenvalue weighted by molar-refractivity contribution is 0.634. The van der Waals surface area contributed by atoms with Gasteiger partial charge in [-0.25, -0.2) is 5.43 Å². The zero-order valence-corrected chi connectivity index (χ0v) is 12.9. The largest absolute Gasteiger partial charge is 0.271 e. The average molecular weight is 373 g/mol. The Kier molecular flexibility index (Phi) is 4.61. The SMILES string of the molecule is Cc1cccc(C(NN)c2cc(Cl)ccc2I)c1. The van der Waals surface area contributed by atoms with Crippen LogP contribution in [0.5, 0.6) is 0 Å². The number of rotatable bonds is 3. The van der Waals surface area contributed by atoms with Crippen molar-refractivity contribution in [2.75, 3.05) is 0 Å². The molecular weight excluding hydrogens is 359 g/mol. The van der Waals surface area contributed by atoms with E-state index in [2.05, 4.69) is 53.1 Å². The fraction of sp³-hybridized carbons (Fsp3) is 0.143. The molecular formula is C14H14ClIN2. The summed E-state index contributed by atoms with van der Waals surface area (Å²) >= 11 is 8.36. The lowest BCUT2D eigenvalue weighted by atomic mass is 9.98. The zero-order chi connectivity index (χ0) is 13.1. The van der Waals surface area contributed by atoms with Gasteiger partial charge in [0.15, 0.2) is 0 Å². The molecule has 18 heavy (non-hydrogen) atoms. The Hall–Kier alpha value is -0.620. The number of halogens is 2. The molecule has 0 aliphatic carbocycles. The summed E-state index contributed by atoms with van der Waals surface area (Å²) in [7, 11) is 0. The summed E-state index contributed by atoms with van der Waals surface area (Å²) in [6.07, 6.45) is 0. The van der Waals surface area contributed by atoms with E-state index < -0.39 is 0 Å². The van der Waals surface area contributed by atoms with Gasteiger partial charge in [-0.1, -0.05) is 41.4 Å². The second-order valence-electron chi connectivity index (χ2n) is 4.18. The minimum absolute atomic E-state index is 0.0458. The summed E-state index contributed by atoms with van der Waals surface area (Å²) in [6, 6.07) is 14.1. The molecule has 1 unspecified atom stereocenters. The summed E-state index contributed by atoms with van der Waals surface area (Å²) in [5.74, 6) is 5.71. The lowest BCUT2D eigenvalue weighted by Crippen LogP contribution is -2.29. The molecule has 0 spiro atoms. The Labute approximate surface area is 126 Å². The third-order valence-corrected chi connectivity index (χ3v) is 4.03. The van der Waals surface area contributed by atoms with Gasteiger partial charge in [0, 0.05) is 8.59 Å². The molecule has 1 atom stereocenters. The Bertz CT molecular complexity index is 557. The van der Waals surface area contributed by atoms with Crippen molar-refractivity contribution in [1.82, 2.24) is 5.43 Å². The van der Waals surface area contributed by atoms with Gasteiger partial charge in [0.1, 0.15) is 0 Å². The molecule has 94 valence electrons. The molecule has 4 heteroatoms. The molecule has 0 aliphatic heterocycles. The highest BCUT2D eigenvalue weighted by molar-refractivity contribution is 14.1. The number of nitrogens with two attached hydrogens (primary N) is 1. The fourth-order valence-electron chi connectivity index (χ4n) is 1.95. The molecule has 2 aromatic rings. The van der Waals surface area contributed by atoms with Crippen LogP contribution >= 0.6 is 34.2 Å². The van der Waals surface area contributed by atoms with Crippen molar-refractivity contribution in [2.45, 2.75) is 13.0 Å². The smallest absolute Gasteiger partial charge is 0.0720 e. The number of hydrogen-bond acceptors (Lipinski definition) is 2. The molecule has 0 saturated carbocycles. The minimum atomic E-state index is -0.0458. The van der Waals surface area contributed by atoms with Gasteiger partial charge in [-0.3, -0.25) is 5.84 Å². The van der Waals surface area contributed by atoms with Crippen molar-refractivity contribution in [2.24, 2.45) is 5.84 Å². The molecule has 2 aromatic carbocycles. The Morgan fingerprint density at radius 1 is 1.22 bits per heavy atom. The van der Waals surface area contributed by atoms with Crippen molar-refractivity contribution < 1.29 is 0 Å². The van der Waals surface area contributed by atoms with E-state index >= 15 is 0 Å². The quantitative estimate of drug-likeness (QED) is 0.488. The van der Waals surface area contributed by atoms with Crippen LogP contribution in [0.1, 0.15) is 22.7 Å². The zero-order valence-electron chi connectivity index (χ0n) is 9.95. The van der Waals surface area contributed by atoms with Crippen molar-refractivity contribution in [3.8, 4) is 0 Å². The molecule has 3 N–H and O–H groups in total. The van der Waals surface area contributed by atoms with Gasteiger partial charge < -0.3 is 0 Å². The van der Waals surface area contributed by atoms with Crippen LogP contribution in [0.15, 0.2) is 42.5 Å². The van der Waals surface area contributed by atoms with Gasteiger partial charge in [0.05, 0.1) is 6.04 Å². The highest BCUT2D eigenvalue weighted by Crippen LogP contribution is 2.28. The van der Waals surface area contributed by atoms with Crippen molar-refractivity contribution in [1.29, 1.82) is 0 Å². The number of benzene rings is 2. The highest BCUT2D eigenvalue weighted by atomic mass is 127. The molecule has 2 rings (SSSR count). The van der Waals surface area contributed by atoms with Gasteiger partial charge in [0.25, 0.3) is 0 Å². The van der Waals surface area contributed by atoms with E-state index in [0.29, 0.717) is 0 Å². The first-order chi connectivity index (χ1) is 8.61. The number of nitrogens with one attached hydrogen (secondary N) is 1. The van der Waals surface area contributed by atoms with E-state index in [-0.39, 0.29) is 6.04 Å². The summed E-state index contributed by atoms with van der Waals surface area (Å²) in [5, 5.41) is 0.721. The normalized spacial score (nSPS) is 12.4. The van der Waals surface area contributed by atoms with Crippen LogP contribution in [-0.4, -0.2) is 0 Å². The summed E-state index contributed by atoms with van der Waals surface area (Å²) < 4.78 is 1.14. The second-order valence-corrected chi connectivity index (χ2v) is 5.78. The first-order valence-corrected chi connectivity index (χ1v) is 7.05. The van der Waals surface area contributed by atoms with Crippen molar-refractivity contribution in [3.63, 3.8) is 0 Å². The van der Waals surface area contributed by atoms with Gasteiger partial charge >= 0.3 is 0 Å². The third kappa shape index (κ3) is 3.03. The van der Waals surface area contributed by atoms with E-state index in [1.807, 2.05) is 24.3 Å². The molecule has 0 heterocycles. The maximum atomic E-state index is 6.06. The topological polar surface area (TPSA) is 38.0 Å². The lowest BCUT2D eigenvalue weighted by Gasteiger charge is -2.19. The van der Waals surface area contributed by atoms with Crippen LogP contribution in [0, 0.1) is 10.5 Å². The second kappa shape index (κ2) is 6.02. The van der Waals surface area contributed by atoms with Gasteiger partial charge in [0.2, 0.25) is 0 Å². The van der Waals surface area contributed by atoms with E-state index in [4.69, 9.17) is 17.4 Å².